The first-order valence-electron chi connectivity index (χ1n) is 4.87. The van der Waals surface area contributed by atoms with E-state index in [1.54, 1.807) is 0 Å². The molecule has 0 fully saturated rings. The van der Waals surface area contributed by atoms with Crippen LogP contribution in [-0.4, -0.2) is 11.8 Å². The second-order valence-corrected chi connectivity index (χ2v) is 3.99. The molecule has 1 nitrogen and oxygen atoms in total. The minimum absolute atomic E-state index is 0.264. The van der Waals surface area contributed by atoms with Crippen LogP contribution in [-0.2, 0) is 0 Å². The molecule has 0 spiro atoms. The van der Waals surface area contributed by atoms with Gasteiger partial charge < -0.3 is 0 Å². The molecule has 1 heteroatoms. The van der Waals surface area contributed by atoms with Gasteiger partial charge in [-0.2, -0.15) is 0 Å². The van der Waals surface area contributed by atoms with Crippen LogP contribution in [0, 0.1) is 5.92 Å². The van der Waals surface area contributed by atoms with Crippen molar-refractivity contribution in [2.45, 2.75) is 47.6 Å². The fraction of sp³-hybridized carbons (Fsp3) is 0.667. The van der Waals surface area contributed by atoms with E-state index < -0.39 is 0 Å². The van der Waals surface area contributed by atoms with Crippen LogP contribution >= 0.6 is 0 Å². The minimum Gasteiger partial charge on any atom is -0.287 e. The van der Waals surface area contributed by atoms with Crippen LogP contribution in [0.4, 0.5) is 0 Å². The van der Waals surface area contributed by atoms with E-state index in [1.807, 2.05) is 13.8 Å². The summed E-state index contributed by atoms with van der Waals surface area (Å²) in [6.07, 6.45) is 2.09. The maximum Gasteiger partial charge on any atom is 0.0750 e. The highest BCUT2D eigenvalue weighted by Crippen LogP contribution is 2.05. The molecule has 13 heavy (non-hydrogen) atoms. The molecule has 0 bridgehead atoms. The Morgan fingerprint density at radius 3 is 2.08 bits per heavy atom. The van der Waals surface area contributed by atoms with Crippen molar-refractivity contribution in [1.29, 1.82) is 0 Å². The quantitative estimate of drug-likeness (QED) is 0.463. The Labute approximate surface area is 82.3 Å². The molecule has 0 aliphatic carbocycles. The molecule has 0 aliphatic rings. The maximum absolute atomic E-state index is 4.45. The van der Waals surface area contributed by atoms with Crippen molar-refractivity contribution in [3.63, 3.8) is 0 Å². The summed E-state index contributed by atoms with van der Waals surface area (Å²) in [6, 6.07) is 0.264. The average molecular weight is 179 g/mol. The molecule has 0 saturated heterocycles. The summed E-state index contributed by atoms with van der Waals surface area (Å²) < 4.78 is 0. The third-order valence-corrected chi connectivity index (χ3v) is 1.72. The topological polar surface area (TPSA) is 12.4 Å². The highest BCUT2D eigenvalue weighted by Gasteiger charge is 1.99. The van der Waals surface area contributed by atoms with Crippen molar-refractivity contribution < 1.29 is 0 Å². The van der Waals surface area contributed by atoms with Crippen LogP contribution in [0.1, 0.15) is 41.5 Å². The lowest BCUT2D eigenvalue weighted by Crippen LogP contribution is -2.01. The number of hydrogen-bond donors (Lipinski definition) is 0. The van der Waals surface area contributed by atoms with Crippen LogP contribution < -0.4 is 0 Å². The third kappa shape index (κ3) is 6.36. The lowest BCUT2D eigenvalue weighted by atomic mass is 10.1. The van der Waals surface area contributed by atoms with Gasteiger partial charge in [0, 0.05) is 5.71 Å². The van der Waals surface area contributed by atoms with Gasteiger partial charge in [0.15, 0.2) is 0 Å². The molecule has 0 aromatic rings. The van der Waals surface area contributed by atoms with E-state index in [1.165, 1.54) is 5.57 Å². The van der Waals surface area contributed by atoms with E-state index in [2.05, 4.69) is 44.5 Å². The number of aliphatic imine (C=N–C) groups is 1. The molecule has 0 amide bonds. The van der Waals surface area contributed by atoms with E-state index in [4.69, 9.17) is 0 Å². The SMILES string of the molecule is CC(=C=CC(C)C)C(C)N=C(C)C. The van der Waals surface area contributed by atoms with Crippen LogP contribution in [0.25, 0.3) is 0 Å². The van der Waals surface area contributed by atoms with Crippen LogP contribution in [0.2, 0.25) is 0 Å². The van der Waals surface area contributed by atoms with Gasteiger partial charge in [0.1, 0.15) is 0 Å². The molecule has 1 atom stereocenters. The summed E-state index contributed by atoms with van der Waals surface area (Å²) in [5.41, 5.74) is 5.60. The van der Waals surface area contributed by atoms with Gasteiger partial charge in [0.05, 0.1) is 6.04 Å². The molecule has 74 valence electrons. The minimum atomic E-state index is 0.264. The Bertz CT molecular complexity index is 236. The van der Waals surface area contributed by atoms with Crippen LogP contribution in [0.5, 0.6) is 0 Å². The summed E-state index contributed by atoms with van der Waals surface area (Å²) >= 11 is 0. The summed E-state index contributed by atoms with van der Waals surface area (Å²) in [4.78, 5) is 4.45. The predicted molar refractivity (Wildman–Crippen MR) is 60.4 cm³/mol. The lowest BCUT2D eigenvalue weighted by molar-refractivity contribution is 0.824. The smallest absolute Gasteiger partial charge is 0.0750 e. The monoisotopic (exact) mass is 179 g/mol. The Morgan fingerprint density at radius 1 is 1.15 bits per heavy atom. The molecular weight excluding hydrogens is 158 g/mol. The molecule has 0 aromatic carbocycles. The zero-order valence-corrected chi connectivity index (χ0v) is 9.68. The molecule has 0 saturated carbocycles. The summed E-state index contributed by atoms with van der Waals surface area (Å²) in [7, 11) is 0. The van der Waals surface area contributed by atoms with Crippen LogP contribution in [0.3, 0.4) is 0 Å². The van der Waals surface area contributed by atoms with Gasteiger partial charge in [0.2, 0.25) is 0 Å². The Kier molecular flexibility index (Phi) is 5.41. The first-order chi connectivity index (χ1) is 5.93. The summed E-state index contributed by atoms with van der Waals surface area (Å²) in [5.74, 6) is 0.564. The lowest BCUT2D eigenvalue weighted by Gasteiger charge is -2.04. The largest absolute Gasteiger partial charge is 0.287 e. The Morgan fingerprint density at radius 2 is 1.69 bits per heavy atom. The zero-order chi connectivity index (χ0) is 10.4. The molecule has 1 unspecified atom stereocenters. The highest BCUT2D eigenvalue weighted by molar-refractivity contribution is 5.79. The highest BCUT2D eigenvalue weighted by atomic mass is 14.8. The number of nitrogens with zero attached hydrogens (tertiary/aromatic N) is 1. The normalized spacial score (nSPS) is 11.9. The molecule has 0 heterocycles. The number of rotatable bonds is 3. The van der Waals surface area contributed by atoms with Gasteiger partial charge in [-0.25, -0.2) is 0 Å². The average Bonchev–Trinajstić information content (AvgIpc) is 1.98. The van der Waals surface area contributed by atoms with Crippen molar-refractivity contribution in [3.8, 4) is 0 Å². The van der Waals surface area contributed by atoms with Crippen molar-refractivity contribution in [2.75, 3.05) is 0 Å². The van der Waals surface area contributed by atoms with Gasteiger partial charge >= 0.3 is 0 Å². The maximum atomic E-state index is 4.45. The van der Waals surface area contributed by atoms with Crippen molar-refractivity contribution in [1.82, 2.24) is 0 Å². The van der Waals surface area contributed by atoms with Gasteiger partial charge in [-0.05, 0) is 45.3 Å². The molecule has 0 N–H and O–H groups in total. The van der Waals surface area contributed by atoms with E-state index in [9.17, 15) is 0 Å². The Balaban J connectivity index is 4.51. The van der Waals surface area contributed by atoms with E-state index in [0.29, 0.717) is 5.92 Å². The standard InChI is InChI=1S/C12H21N/c1-9(2)7-8-11(5)12(6)13-10(3)4/h7,9,12H,1-6H3. The molecular formula is C12H21N. The zero-order valence-electron chi connectivity index (χ0n) is 9.68. The molecule has 0 radical (unpaired) electrons. The van der Waals surface area contributed by atoms with Gasteiger partial charge in [-0.1, -0.05) is 13.8 Å². The fourth-order valence-electron chi connectivity index (χ4n) is 0.903. The van der Waals surface area contributed by atoms with E-state index in [0.717, 1.165) is 5.71 Å². The van der Waals surface area contributed by atoms with Gasteiger partial charge in [0.25, 0.3) is 0 Å². The fourth-order valence-corrected chi connectivity index (χ4v) is 0.903. The number of hydrogen-bond acceptors (Lipinski definition) is 1. The first-order valence-corrected chi connectivity index (χ1v) is 4.87. The predicted octanol–water partition coefficient (Wildman–Crippen LogP) is 3.61. The van der Waals surface area contributed by atoms with Crippen molar-refractivity contribution >= 4 is 5.71 Å². The first kappa shape index (κ1) is 12.2. The van der Waals surface area contributed by atoms with E-state index in [-0.39, 0.29) is 6.04 Å². The van der Waals surface area contributed by atoms with Crippen molar-refractivity contribution in [3.05, 3.63) is 17.4 Å². The summed E-state index contributed by atoms with van der Waals surface area (Å²) in [5, 5.41) is 0. The van der Waals surface area contributed by atoms with Crippen LogP contribution in [0.15, 0.2) is 22.4 Å². The third-order valence-electron chi connectivity index (χ3n) is 1.72. The van der Waals surface area contributed by atoms with E-state index >= 15 is 0 Å². The Hall–Kier alpha value is -0.810. The van der Waals surface area contributed by atoms with Crippen molar-refractivity contribution in [2.24, 2.45) is 10.9 Å². The second-order valence-electron chi connectivity index (χ2n) is 3.99. The molecule has 0 rings (SSSR count). The second kappa shape index (κ2) is 5.77. The van der Waals surface area contributed by atoms with Gasteiger partial charge in [-0.15, -0.1) is 5.73 Å². The summed E-state index contributed by atoms with van der Waals surface area (Å²) in [6.45, 7) is 12.5. The molecule has 0 aliphatic heterocycles. The molecule has 0 aromatic heterocycles. The van der Waals surface area contributed by atoms with Gasteiger partial charge in [-0.3, -0.25) is 4.99 Å².